The molecule has 1 saturated carbocycles. The smallest absolute Gasteiger partial charge is 0.237 e. The van der Waals surface area contributed by atoms with Crippen LogP contribution in [0.1, 0.15) is 36.6 Å². The van der Waals surface area contributed by atoms with Gasteiger partial charge in [-0.15, -0.1) is 0 Å². The predicted molar refractivity (Wildman–Crippen MR) is 76.6 cm³/mol. The summed E-state index contributed by atoms with van der Waals surface area (Å²) in [5.41, 5.74) is 1.34. The van der Waals surface area contributed by atoms with Crippen LogP contribution in [0.3, 0.4) is 0 Å². The highest BCUT2D eigenvalue weighted by Crippen LogP contribution is 2.50. The molecule has 5 heteroatoms. The molecule has 0 unspecified atom stereocenters. The molecular weight excluding hydrogens is 271 g/mol. The molecular formula is C16H17FN2O2. The predicted octanol–water partition coefficient (Wildman–Crippen LogP) is 3.35. The zero-order valence-electron chi connectivity index (χ0n) is 12.1. The molecule has 1 aliphatic rings. The number of carbonyl (C=O) groups excluding carboxylic acids is 1. The number of amides is 1. The number of aryl methyl sites for hydroxylation is 1. The molecule has 0 bridgehead atoms. The third-order valence-electron chi connectivity index (χ3n) is 4.14. The summed E-state index contributed by atoms with van der Waals surface area (Å²) in [6.07, 6.45) is 2.01. The van der Waals surface area contributed by atoms with E-state index in [4.69, 9.17) is 4.52 Å². The van der Waals surface area contributed by atoms with Gasteiger partial charge in [0.05, 0.1) is 11.1 Å². The van der Waals surface area contributed by atoms with E-state index in [0.29, 0.717) is 24.3 Å². The summed E-state index contributed by atoms with van der Waals surface area (Å²) >= 11 is 0. The lowest BCUT2D eigenvalue weighted by atomic mass is 9.94. The number of hydrogen-bond acceptors (Lipinski definition) is 3. The summed E-state index contributed by atoms with van der Waals surface area (Å²) in [4.78, 5) is 12.6. The molecule has 1 fully saturated rings. The SMILES string of the molecule is CCc1c(C)noc1NC(=O)C1(c2ccccc2F)CC1. The van der Waals surface area contributed by atoms with Crippen molar-refractivity contribution in [1.82, 2.24) is 5.16 Å². The fourth-order valence-electron chi connectivity index (χ4n) is 2.72. The van der Waals surface area contributed by atoms with Gasteiger partial charge < -0.3 is 4.52 Å². The summed E-state index contributed by atoms with van der Waals surface area (Å²) in [5.74, 6) is -0.185. The molecule has 21 heavy (non-hydrogen) atoms. The fourth-order valence-corrected chi connectivity index (χ4v) is 2.72. The molecule has 2 aromatic rings. The molecule has 1 amide bonds. The Kier molecular flexibility index (Phi) is 3.27. The lowest BCUT2D eigenvalue weighted by Crippen LogP contribution is -2.28. The normalized spacial score (nSPS) is 15.8. The Hall–Kier alpha value is -2.17. The van der Waals surface area contributed by atoms with E-state index in [0.717, 1.165) is 17.7 Å². The second kappa shape index (κ2) is 4.98. The molecule has 1 aromatic heterocycles. The lowest BCUT2D eigenvalue weighted by molar-refractivity contribution is -0.118. The van der Waals surface area contributed by atoms with Crippen LogP contribution in [0.2, 0.25) is 0 Å². The quantitative estimate of drug-likeness (QED) is 0.938. The summed E-state index contributed by atoms with van der Waals surface area (Å²) in [5, 5.41) is 6.65. The number of nitrogens with zero attached hydrogens (tertiary/aromatic N) is 1. The fraction of sp³-hybridized carbons (Fsp3) is 0.375. The summed E-state index contributed by atoms with van der Waals surface area (Å²) in [7, 11) is 0. The minimum atomic E-state index is -0.767. The van der Waals surface area contributed by atoms with E-state index < -0.39 is 5.41 Å². The maximum atomic E-state index is 14.0. The third kappa shape index (κ3) is 2.22. The molecule has 0 saturated heterocycles. The molecule has 4 nitrogen and oxygen atoms in total. The number of benzene rings is 1. The summed E-state index contributed by atoms with van der Waals surface area (Å²) in [6, 6.07) is 6.44. The average Bonchev–Trinajstić information content (AvgIpc) is 3.20. The van der Waals surface area contributed by atoms with E-state index >= 15 is 0 Å². The molecule has 1 aliphatic carbocycles. The van der Waals surface area contributed by atoms with Crippen molar-refractivity contribution >= 4 is 11.8 Å². The van der Waals surface area contributed by atoms with Gasteiger partial charge in [0.25, 0.3) is 0 Å². The first kappa shape index (κ1) is 13.8. The van der Waals surface area contributed by atoms with Gasteiger partial charge in [0.15, 0.2) is 0 Å². The van der Waals surface area contributed by atoms with Gasteiger partial charge in [0.2, 0.25) is 11.8 Å². The number of aromatic nitrogens is 1. The third-order valence-corrected chi connectivity index (χ3v) is 4.14. The Labute approximate surface area is 122 Å². The number of hydrogen-bond donors (Lipinski definition) is 1. The molecule has 0 aliphatic heterocycles. The van der Waals surface area contributed by atoms with Gasteiger partial charge in [-0.2, -0.15) is 0 Å². The van der Waals surface area contributed by atoms with E-state index in [1.54, 1.807) is 18.2 Å². The Morgan fingerprint density at radius 1 is 1.43 bits per heavy atom. The van der Waals surface area contributed by atoms with Crippen molar-refractivity contribution in [3.63, 3.8) is 0 Å². The maximum Gasteiger partial charge on any atom is 0.237 e. The van der Waals surface area contributed by atoms with Gasteiger partial charge in [0, 0.05) is 11.1 Å². The van der Waals surface area contributed by atoms with Crippen molar-refractivity contribution in [1.29, 1.82) is 0 Å². The zero-order valence-corrected chi connectivity index (χ0v) is 12.1. The topological polar surface area (TPSA) is 55.1 Å². The standard InChI is InChI=1S/C16H17FN2O2/c1-3-11-10(2)19-21-14(11)18-15(20)16(8-9-16)12-6-4-5-7-13(12)17/h4-7H,3,8-9H2,1-2H3,(H,18,20). The molecule has 0 spiro atoms. The Bertz CT molecular complexity index is 689. The molecule has 0 atom stereocenters. The minimum absolute atomic E-state index is 0.224. The molecule has 0 radical (unpaired) electrons. The monoisotopic (exact) mass is 288 g/mol. The average molecular weight is 288 g/mol. The molecule has 1 aromatic carbocycles. The number of anilines is 1. The van der Waals surface area contributed by atoms with Gasteiger partial charge in [-0.3, -0.25) is 10.1 Å². The van der Waals surface area contributed by atoms with E-state index in [2.05, 4.69) is 10.5 Å². The molecule has 110 valence electrons. The first-order valence-electron chi connectivity index (χ1n) is 7.10. The highest BCUT2D eigenvalue weighted by atomic mass is 19.1. The Morgan fingerprint density at radius 3 is 2.76 bits per heavy atom. The van der Waals surface area contributed by atoms with Crippen LogP contribution in [0.25, 0.3) is 0 Å². The van der Waals surface area contributed by atoms with Crippen molar-refractivity contribution < 1.29 is 13.7 Å². The van der Waals surface area contributed by atoms with E-state index in [1.165, 1.54) is 6.07 Å². The first-order chi connectivity index (χ1) is 10.1. The maximum absolute atomic E-state index is 14.0. The van der Waals surface area contributed by atoms with Crippen LogP contribution in [0.15, 0.2) is 28.8 Å². The van der Waals surface area contributed by atoms with E-state index in [-0.39, 0.29) is 11.7 Å². The second-order valence-electron chi connectivity index (χ2n) is 5.45. The highest BCUT2D eigenvalue weighted by Gasteiger charge is 2.53. The van der Waals surface area contributed by atoms with Crippen LogP contribution in [0.5, 0.6) is 0 Å². The van der Waals surface area contributed by atoms with Crippen LogP contribution >= 0.6 is 0 Å². The van der Waals surface area contributed by atoms with Crippen LogP contribution < -0.4 is 5.32 Å². The minimum Gasteiger partial charge on any atom is -0.338 e. The molecule has 3 rings (SSSR count). The zero-order chi connectivity index (χ0) is 15.0. The van der Waals surface area contributed by atoms with Gasteiger partial charge >= 0.3 is 0 Å². The van der Waals surface area contributed by atoms with Gasteiger partial charge in [-0.05, 0) is 32.3 Å². The molecule has 1 heterocycles. The molecule has 1 N–H and O–H groups in total. The largest absolute Gasteiger partial charge is 0.338 e. The van der Waals surface area contributed by atoms with Gasteiger partial charge in [-0.25, -0.2) is 4.39 Å². The number of nitrogens with one attached hydrogen (secondary N) is 1. The van der Waals surface area contributed by atoms with Gasteiger partial charge in [0.1, 0.15) is 5.82 Å². The lowest BCUT2D eigenvalue weighted by Gasteiger charge is -2.15. The van der Waals surface area contributed by atoms with E-state index in [1.807, 2.05) is 13.8 Å². The summed E-state index contributed by atoms with van der Waals surface area (Å²) < 4.78 is 19.1. The van der Waals surface area contributed by atoms with Crippen molar-refractivity contribution in [3.05, 3.63) is 46.9 Å². The van der Waals surface area contributed by atoms with Crippen molar-refractivity contribution in [2.24, 2.45) is 0 Å². The Balaban J connectivity index is 1.87. The number of rotatable bonds is 4. The van der Waals surface area contributed by atoms with Crippen LogP contribution in [0.4, 0.5) is 10.3 Å². The highest BCUT2D eigenvalue weighted by molar-refractivity contribution is 6.01. The van der Waals surface area contributed by atoms with Crippen LogP contribution in [-0.2, 0) is 16.6 Å². The first-order valence-corrected chi connectivity index (χ1v) is 7.10. The van der Waals surface area contributed by atoms with E-state index in [9.17, 15) is 9.18 Å². The summed E-state index contributed by atoms with van der Waals surface area (Å²) in [6.45, 7) is 3.81. The van der Waals surface area contributed by atoms with Crippen molar-refractivity contribution in [2.45, 2.75) is 38.5 Å². The Morgan fingerprint density at radius 2 is 2.14 bits per heavy atom. The van der Waals surface area contributed by atoms with Crippen molar-refractivity contribution in [3.8, 4) is 0 Å². The van der Waals surface area contributed by atoms with Crippen LogP contribution in [0, 0.1) is 12.7 Å². The number of carbonyl (C=O) groups is 1. The second-order valence-corrected chi connectivity index (χ2v) is 5.45. The number of halogens is 1. The van der Waals surface area contributed by atoms with Crippen LogP contribution in [-0.4, -0.2) is 11.1 Å². The van der Waals surface area contributed by atoms with Gasteiger partial charge in [-0.1, -0.05) is 30.3 Å². The van der Waals surface area contributed by atoms with Crippen molar-refractivity contribution in [2.75, 3.05) is 5.32 Å².